The van der Waals surface area contributed by atoms with Gasteiger partial charge in [0.15, 0.2) is 0 Å². The van der Waals surface area contributed by atoms with Crippen LogP contribution in [0.15, 0.2) is 42.7 Å². The number of rotatable bonds is 8. The molecule has 3 heterocycles. The molecule has 1 atom stereocenters. The van der Waals surface area contributed by atoms with Gasteiger partial charge in [0.05, 0.1) is 24.1 Å². The Morgan fingerprint density at radius 2 is 1.95 bits per heavy atom. The van der Waals surface area contributed by atoms with Crippen molar-refractivity contribution in [3.8, 4) is 0 Å². The zero-order valence-electron chi connectivity index (χ0n) is 23.5. The highest BCUT2D eigenvalue weighted by Crippen LogP contribution is 2.44. The topological polar surface area (TPSA) is 98.3 Å². The van der Waals surface area contributed by atoms with Crippen LogP contribution >= 0.6 is 0 Å². The summed E-state index contributed by atoms with van der Waals surface area (Å²) in [6.45, 7) is 12.6. The van der Waals surface area contributed by atoms with Crippen molar-refractivity contribution in [2.75, 3.05) is 26.3 Å². The van der Waals surface area contributed by atoms with Crippen LogP contribution in [-0.2, 0) is 29.7 Å². The Hall–Kier alpha value is -3.56. The molecule has 0 saturated carbocycles. The van der Waals surface area contributed by atoms with E-state index in [0.717, 1.165) is 83.9 Å². The molecule has 0 spiro atoms. The minimum absolute atomic E-state index is 0.375. The van der Waals surface area contributed by atoms with Gasteiger partial charge < -0.3 is 14.4 Å². The molecule has 4 aromatic rings. The van der Waals surface area contributed by atoms with Crippen molar-refractivity contribution in [2.24, 2.45) is 12.5 Å². The van der Waals surface area contributed by atoms with E-state index in [-0.39, 0.29) is 5.92 Å². The molecule has 1 unspecified atom stereocenters. The molecule has 9 nitrogen and oxygen atoms in total. The molecule has 2 aromatic carbocycles. The SMILES string of the molecule is Cc1ccc(C(c2ccc3c(nnn3C)c2C)C(C)(C)C(=O)O)cc1Cn1ccnc1CN1CCCOCC1. The Kier molecular flexibility index (Phi) is 7.55. The zero-order chi connectivity index (χ0) is 27.7. The van der Waals surface area contributed by atoms with Gasteiger partial charge >= 0.3 is 5.97 Å². The molecule has 2 aromatic heterocycles. The Morgan fingerprint density at radius 3 is 2.74 bits per heavy atom. The van der Waals surface area contributed by atoms with Gasteiger partial charge in [-0.05, 0) is 68.0 Å². The number of ether oxygens (including phenoxy) is 1. The summed E-state index contributed by atoms with van der Waals surface area (Å²) in [6, 6.07) is 10.4. The molecule has 1 saturated heterocycles. The van der Waals surface area contributed by atoms with Gasteiger partial charge in [0, 0.05) is 51.6 Å². The van der Waals surface area contributed by atoms with Crippen LogP contribution in [-0.4, -0.2) is 66.8 Å². The predicted molar refractivity (Wildman–Crippen MR) is 150 cm³/mol. The standard InChI is InChI=1S/C30H38N6O3/c1-20-7-8-22(17-23(20)18-36-13-11-31-26(36)19-35-12-6-15-39-16-14-35)27(30(3,4)29(37)38)24-9-10-25-28(21(24)2)32-33-34(25)5/h7-11,13,17,27H,6,12,14-16,18-19H2,1-5H3,(H,37,38). The summed E-state index contributed by atoms with van der Waals surface area (Å²) in [5, 5.41) is 18.9. The third-order valence-electron chi connectivity index (χ3n) is 8.19. The van der Waals surface area contributed by atoms with Crippen LogP contribution in [0.2, 0.25) is 0 Å². The van der Waals surface area contributed by atoms with Crippen LogP contribution in [0.25, 0.3) is 11.0 Å². The van der Waals surface area contributed by atoms with Gasteiger partial charge in [0.25, 0.3) is 0 Å². The Morgan fingerprint density at radius 1 is 1.13 bits per heavy atom. The Balaban J connectivity index is 1.52. The second kappa shape index (κ2) is 10.9. The van der Waals surface area contributed by atoms with Crippen molar-refractivity contribution in [1.82, 2.24) is 29.4 Å². The maximum absolute atomic E-state index is 12.6. The lowest BCUT2D eigenvalue weighted by Crippen LogP contribution is -2.32. The smallest absolute Gasteiger partial charge is 0.310 e. The van der Waals surface area contributed by atoms with E-state index in [1.54, 1.807) is 18.5 Å². The van der Waals surface area contributed by atoms with Crippen LogP contribution in [0, 0.1) is 19.3 Å². The molecule has 9 heteroatoms. The molecule has 1 aliphatic heterocycles. The number of carboxylic acids is 1. The van der Waals surface area contributed by atoms with Gasteiger partial charge in [-0.3, -0.25) is 9.69 Å². The fourth-order valence-corrected chi connectivity index (χ4v) is 5.69. The second-order valence-corrected chi connectivity index (χ2v) is 11.2. The average molecular weight is 531 g/mol. The maximum Gasteiger partial charge on any atom is 0.310 e. The van der Waals surface area contributed by atoms with Gasteiger partial charge in [0.2, 0.25) is 0 Å². The quantitative estimate of drug-likeness (QED) is 0.363. The lowest BCUT2D eigenvalue weighted by atomic mass is 9.69. The van der Waals surface area contributed by atoms with Crippen molar-refractivity contribution in [2.45, 2.75) is 53.1 Å². The third kappa shape index (κ3) is 5.33. The van der Waals surface area contributed by atoms with Crippen LogP contribution in [0.5, 0.6) is 0 Å². The van der Waals surface area contributed by atoms with Crippen LogP contribution in [0.3, 0.4) is 0 Å². The van der Waals surface area contributed by atoms with Crippen molar-refractivity contribution in [1.29, 1.82) is 0 Å². The Labute approximate surface area is 229 Å². The second-order valence-electron chi connectivity index (χ2n) is 11.2. The molecule has 1 aliphatic rings. The number of imidazole rings is 1. The highest BCUT2D eigenvalue weighted by Gasteiger charge is 2.40. The molecular weight excluding hydrogens is 492 g/mol. The largest absolute Gasteiger partial charge is 0.481 e. The van der Waals surface area contributed by atoms with E-state index >= 15 is 0 Å². The monoisotopic (exact) mass is 530 g/mol. The maximum atomic E-state index is 12.6. The van der Waals surface area contributed by atoms with E-state index in [2.05, 4.69) is 49.9 Å². The molecule has 39 heavy (non-hydrogen) atoms. The van der Waals surface area contributed by atoms with Crippen molar-refractivity contribution < 1.29 is 14.6 Å². The Bertz CT molecular complexity index is 1480. The number of fused-ring (bicyclic) bond motifs is 1. The summed E-state index contributed by atoms with van der Waals surface area (Å²) in [5.41, 5.74) is 5.87. The summed E-state index contributed by atoms with van der Waals surface area (Å²) in [5.74, 6) is -0.195. The minimum Gasteiger partial charge on any atom is -0.481 e. The fraction of sp³-hybridized carbons (Fsp3) is 0.467. The number of hydrogen-bond donors (Lipinski definition) is 1. The highest BCUT2D eigenvalue weighted by atomic mass is 16.5. The number of aliphatic carboxylic acids is 1. The zero-order valence-corrected chi connectivity index (χ0v) is 23.5. The first-order valence-electron chi connectivity index (χ1n) is 13.6. The third-order valence-corrected chi connectivity index (χ3v) is 8.19. The first-order chi connectivity index (χ1) is 18.7. The molecule has 0 amide bonds. The molecule has 1 N–H and O–H groups in total. The van der Waals surface area contributed by atoms with Gasteiger partial charge in [-0.1, -0.05) is 29.5 Å². The number of benzene rings is 2. The first-order valence-corrected chi connectivity index (χ1v) is 13.6. The van der Waals surface area contributed by atoms with E-state index in [9.17, 15) is 9.90 Å². The average Bonchev–Trinajstić information content (AvgIpc) is 3.40. The van der Waals surface area contributed by atoms with Gasteiger partial charge in [0.1, 0.15) is 11.3 Å². The number of hydrogen-bond acceptors (Lipinski definition) is 6. The number of aryl methyl sites for hydroxylation is 3. The number of carboxylic acid groups (broad SMARTS) is 1. The molecule has 0 radical (unpaired) electrons. The predicted octanol–water partition coefficient (Wildman–Crippen LogP) is 4.29. The summed E-state index contributed by atoms with van der Waals surface area (Å²) in [6.07, 6.45) is 4.92. The van der Waals surface area contributed by atoms with Crippen molar-refractivity contribution >= 4 is 17.0 Å². The lowest BCUT2D eigenvalue weighted by molar-refractivity contribution is -0.147. The lowest BCUT2D eigenvalue weighted by Gasteiger charge is -2.33. The molecule has 0 aliphatic carbocycles. The number of carbonyl (C=O) groups is 1. The summed E-state index contributed by atoms with van der Waals surface area (Å²) >= 11 is 0. The van der Waals surface area contributed by atoms with E-state index in [1.807, 2.05) is 38.5 Å². The molecular formula is C30H38N6O3. The fourth-order valence-electron chi connectivity index (χ4n) is 5.69. The van der Waals surface area contributed by atoms with Crippen molar-refractivity contribution in [3.05, 3.63) is 76.4 Å². The van der Waals surface area contributed by atoms with E-state index in [1.165, 1.54) is 0 Å². The summed E-state index contributed by atoms with van der Waals surface area (Å²) in [4.78, 5) is 19.7. The van der Waals surface area contributed by atoms with Crippen LogP contribution in [0.1, 0.15) is 59.8 Å². The van der Waals surface area contributed by atoms with Crippen LogP contribution < -0.4 is 0 Å². The van der Waals surface area contributed by atoms with Gasteiger partial charge in [-0.25, -0.2) is 9.67 Å². The van der Waals surface area contributed by atoms with Crippen LogP contribution in [0.4, 0.5) is 0 Å². The first kappa shape index (κ1) is 27.0. The minimum atomic E-state index is -1.05. The normalized spacial score (nSPS) is 15.9. The van der Waals surface area contributed by atoms with Gasteiger partial charge in [-0.15, -0.1) is 5.10 Å². The van der Waals surface area contributed by atoms with Crippen molar-refractivity contribution in [3.63, 3.8) is 0 Å². The van der Waals surface area contributed by atoms with E-state index in [4.69, 9.17) is 4.74 Å². The summed E-state index contributed by atoms with van der Waals surface area (Å²) in [7, 11) is 1.87. The number of aromatic nitrogens is 5. The molecule has 1 fully saturated rings. The molecule has 5 rings (SSSR count). The van der Waals surface area contributed by atoms with E-state index in [0.29, 0.717) is 6.54 Å². The number of nitrogens with zero attached hydrogens (tertiary/aromatic N) is 6. The molecule has 206 valence electrons. The highest BCUT2D eigenvalue weighted by molar-refractivity contribution is 5.81. The van der Waals surface area contributed by atoms with E-state index < -0.39 is 11.4 Å². The molecule has 0 bridgehead atoms. The summed E-state index contributed by atoms with van der Waals surface area (Å²) < 4.78 is 9.56. The van der Waals surface area contributed by atoms with Gasteiger partial charge in [-0.2, -0.15) is 0 Å².